The normalized spacial score (nSPS) is 16.5. The molecule has 0 radical (unpaired) electrons. The number of Topliss-reactive ketones (excluding diaryl/α,β-unsaturated/α-hetero) is 1. The zero-order valence-electron chi connectivity index (χ0n) is 23.7. The number of hydrogen-bond donors (Lipinski definition) is 1. The zero-order chi connectivity index (χ0) is 28.4. The second kappa shape index (κ2) is 11.9. The van der Waals surface area contributed by atoms with Gasteiger partial charge in [0.25, 0.3) is 5.91 Å². The van der Waals surface area contributed by atoms with Crippen LogP contribution < -0.4 is 5.32 Å². The largest absolute Gasteiger partial charge is 0.341 e. The van der Waals surface area contributed by atoms with Crippen molar-refractivity contribution < 1.29 is 14.0 Å². The monoisotopic (exact) mass is 553 g/mol. The van der Waals surface area contributed by atoms with E-state index in [1.165, 1.54) is 0 Å². The number of carbonyl (C=O) groups is 2. The van der Waals surface area contributed by atoms with Gasteiger partial charge in [-0.1, -0.05) is 39.7 Å². The predicted octanol–water partition coefficient (Wildman–Crippen LogP) is 6.88. The quantitative estimate of drug-likeness (QED) is 0.269. The fraction of sp³-hybridized carbons (Fsp3) is 0.500. The van der Waals surface area contributed by atoms with E-state index < -0.39 is 5.82 Å². The van der Waals surface area contributed by atoms with Crippen LogP contribution in [0.15, 0.2) is 22.9 Å². The van der Waals surface area contributed by atoms with Gasteiger partial charge in [0, 0.05) is 43.3 Å². The van der Waals surface area contributed by atoms with E-state index in [0.29, 0.717) is 43.5 Å². The van der Waals surface area contributed by atoms with Crippen molar-refractivity contribution in [2.24, 2.45) is 5.92 Å². The van der Waals surface area contributed by atoms with E-state index in [-0.39, 0.29) is 40.1 Å². The van der Waals surface area contributed by atoms with Gasteiger partial charge >= 0.3 is 0 Å². The van der Waals surface area contributed by atoms with Crippen molar-refractivity contribution in [3.63, 3.8) is 0 Å². The van der Waals surface area contributed by atoms with Crippen LogP contribution in [0.4, 0.5) is 16.0 Å². The van der Waals surface area contributed by atoms with Gasteiger partial charge in [-0.15, -0.1) is 0 Å². The second-order valence-electron chi connectivity index (χ2n) is 10.5. The fourth-order valence-corrected chi connectivity index (χ4v) is 5.74. The van der Waals surface area contributed by atoms with Crippen LogP contribution >= 0.6 is 11.6 Å². The van der Waals surface area contributed by atoms with Gasteiger partial charge < -0.3 is 10.2 Å². The van der Waals surface area contributed by atoms with Gasteiger partial charge in [0.2, 0.25) is 5.28 Å². The number of nitrogens with one attached hydrogen (secondary N) is 1. The van der Waals surface area contributed by atoms with Crippen LogP contribution in [0.3, 0.4) is 0 Å². The van der Waals surface area contributed by atoms with Crippen molar-refractivity contribution in [3.8, 4) is 0 Å². The summed E-state index contributed by atoms with van der Waals surface area (Å²) in [7, 11) is 1.70. The Morgan fingerprint density at radius 3 is 2.56 bits per heavy atom. The lowest BCUT2D eigenvalue weighted by Crippen LogP contribution is -2.35. The Kier molecular flexibility index (Phi) is 8.84. The Hall–Kier alpha value is -3.13. The van der Waals surface area contributed by atoms with Crippen LogP contribution in [0, 0.1) is 11.7 Å². The van der Waals surface area contributed by atoms with Crippen molar-refractivity contribution in [1.82, 2.24) is 19.9 Å². The lowest BCUT2D eigenvalue weighted by Gasteiger charge is -2.28. The average molecular weight is 554 g/mol. The maximum atomic E-state index is 16.4. The third kappa shape index (κ3) is 5.49. The van der Waals surface area contributed by atoms with E-state index in [1.807, 2.05) is 27.7 Å². The van der Waals surface area contributed by atoms with E-state index in [9.17, 15) is 9.59 Å². The first-order chi connectivity index (χ1) is 18.6. The lowest BCUT2D eigenvalue weighted by molar-refractivity contribution is -0.118. The van der Waals surface area contributed by atoms with Crippen LogP contribution in [0.25, 0.3) is 5.57 Å². The molecule has 3 heterocycles. The smallest absolute Gasteiger partial charge is 0.259 e. The first kappa shape index (κ1) is 28.9. The number of ketones is 1. The van der Waals surface area contributed by atoms with Crippen LogP contribution in [-0.4, -0.2) is 45.1 Å². The number of likely N-dealkylation sites (N-methyl/N-ethyl adjacent to an activating group) is 1. The van der Waals surface area contributed by atoms with Gasteiger partial charge in [-0.25, -0.2) is 14.4 Å². The SMILES string of the molecule is CCC/C(C)=C(\C(=O)C(C)CC)C1=C(CC)c2c(cnc(Nc3nc(Cl)nc4c3C(=O)N(C)CC4)c2F)CC1. The number of aromatic nitrogens is 3. The third-order valence-electron chi connectivity index (χ3n) is 7.86. The first-order valence-corrected chi connectivity index (χ1v) is 14.2. The zero-order valence-corrected chi connectivity index (χ0v) is 24.4. The fourth-order valence-electron chi connectivity index (χ4n) is 5.55. The molecule has 0 bridgehead atoms. The molecular formula is C30H37ClFN5O2. The number of pyridine rings is 1. The van der Waals surface area contributed by atoms with Gasteiger partial charge in [-0.2, -0.15) is 4.98 Å². The van der Waals surface area contributed by atoms with Crippen molar-refractivity contribution >= 4 is 40.5 Å². The maximum absolute atomic E-state index is 16.4. The highest BCUT2D eigenvalue weighted by molar-refractivity contribution is 6.28. The first-order valence-electron chi connectivity index (χ1n) is 13.9. The highest BCUT2D eigenvalue weighted by Crippen LogP contribution is 2.42. The van der Waals surface area contributed by atoms with Crippen molar-refractivity contribution in [2.75, 3.05) is 18.9 Å². The van der Waals surface area contributed by atoms with Crippen molar-refractivity contribution in [3.05, 3.63) is 56.4 Å². The lowest BCUT2D eigenvalue weighted by atomic mass is 9.77. The molecule has 2 aliphatic rings. The Morgan fingerprint density at radius 1 is 1.15 bits per heavy atom. The Bertz CT molecular complexity index is 1380. The van der Waals surface area contributed by atoms with Crippen LogP contribution in [-0.2, 0) is 17.6 Å². The molecule has 0 saturated heterocycles. The standard InChI is InChI=1S/C30H37ClFN5O2/c1-7-10-17(5)22(26(38)16(4)8-2)20-12-11-18-15-33-28(25(32)23(18)19(20)9-3)35-27-24-21(34-30(31)36-27)13-14-37(6)29(24)39/h15-16H,7-14H2,1-6H3,(H,33,34,35,36)/b22-17-. The molecule has 2 aromatic heterocycles. The molecule has 9 heteroatoms. The van der Waals surface area contributed by atoms with E-state index >= 15 is 4.39 Å². The third-order valence-corrected chi connectivity index (χ3v) is 8.03. The van der Waals surface area contributed by atoms with Crippen molar-refractivity contribution in [2.45, 2.75) is 79.6 Å². The van der Waals surface area contributed by atoms with Gasteiger partial charge in [-0.3, -0.25) is 9.59 Å². The molecular weight excluding hydrogens is 517 g/mol. The molecule has 39 heavy (non-hydrogen) atoms. The molecule has 208 valence electrons. The second-order valence-corrected chi connectivity index (χ2v) is 10.8. The molecule has 0 saturated carbocycles. The molecule has 0 aromatic carbocycles. The summed E-state index contributed by atoms with van der Waals surface area (Å²) in [5, 5.41) is 2.93. The number of rotatable bonds is 9. The van der Waals surface area contributed by atoms with Crippen molar-refractivity contribution in [1.29, 1.82) is 0 Å². The minimum absolute atomic E-state index is 0.0202. The summed E-state index contributed by atoms with van der Waals surface area (Å²) in [5.74, 6) is -0.659. The molecule has 1 aliphatic heterocycles. The molecule has 0 spiro atoms. The average Bonchev–Trinajstić information content (AvgIpc) is 2.91. The molecule has 1 unspecified atom stereocenters. The Balaban J connectivity index is 1.86. The van der Waals surface area contributed by atoms with Gasteiger partial charge in [0.05, 0.1) is 5.69 Å². The molecule has 4 rings (SSSR count). The molecule has 2 aromatic rings. The molecule has 1 aliphatic carbocycles. The Labute approximate surface area is 235 Å². The summed E-state index contributed by atoms with van der Waals surface area (Å²) in [4.78, 5) is 40.9. The summed E-state index contributed by atoms with van der Waals surface area (Å²) in [5.41, 5.74) is 5.69. The number of halogens is 2. The number of fused-ring (bicyclic) bond motifs is 2. The molecule has 0 fully saturated rings. The Morgan fingerprint density at radius 2 is 1.90 bits per heavy atom. The van der Waals surface area contributed by atoms with Crippen LogP contribution in [0.2, 0.25) is 5.28 Å². The van der Waals surface area contributed by atoms with Gasteiger partial charge in [-0.05, 0) is 67.3 Å². The number of nitrogens with zero attached hydrogens (tertiary/aromatic N) is 4. The van der Waals surface area contributed by atoms with Gasteiger partial charge in [0.1, 0.15) is 11.4 Å². The summed E-state index contributed by atoms with van der Waals surface area (Å²) >= 11 is 6.16. The minimum atomic E-state index is -0.523. The molecule has 7 nitrogen and oxygen atoms in total. The number of anilines is 2. The summed E-state index contributed by atoms with van der Waals surface area (Å²) in [6.45, 7) is 10.6. The molecule has 1 atom stereocenters. The number of hydrogen-bond acceptors (Lipinski definition) is 6. The van der Waals surface area contributed by atoms with Gasteiger partial charge in [0.15, 0.2) is 17.4 Å². The van der Waals surface area contributed by atoms with Crippen LogP contribution in [0.5, 0.6) is 0 Å². The highest BCUT2D eigenvalue weighted by atomic mass is 35.5. The van der Waals surface area contributed by atoms with Crippen LogP contribution in [0.1, 0.15) is 93.9 Å². The number of aryl methyl sites for hydroxylation is 1. The number of carbonyl (C=O) groups excluding carboxylic acids is 2. The van der Waals surface area contributed by atoms with E-state index in [0.717, 1.165) is 47.1 Å². The molecule has 1 N–H and O–H groups in total. The predicted molar refractivity (Wildman–Crippen MR) is 153 cm³/mol. The minimum Gasteiger partial charge on any atom is -0.341 e. The van der Waals surface area contributed by atoms with E-state index in [4.69, 9.17) is 11.6 Å². The molecule has 1 amide bonds. The van der Waals surface area contributed by atoms with E-state index in [2.05, 4.69) is 27.2 Å². The number of allylic oxidation sites excluding steroid dienone is 4. The summed E-state index contributed by atoms with van der Waals surface area (Å²) < 4.78 is 16.4. The summed E-state index contributed by atoms with van der Waals surface area (Å²) in [6.07, 6.45) is 6.52. The number of amides is 1. The van der Waals surface area contributed by atoms with E-state index in [1.54, 1.807) is 18.1 Å². The highest BCUT2D eigenvalue weighted by Gasteiger charge is 2.32. The summed E-state index contributed by atoms with van der Waals surface area (Å²) in [6, 6.07) is 0. The maximum Gasteiger partial charge on any atom is 0.259 e. The topological polar surface area (TPSA) is 88.1 Å².